The van der Waals surface area contributed by atoms with Crippen molar-refractivity contribution in [2.45, 2.75) is 32.7 Å². The molecule has 0 spiro atoms. The van der Waals surface area contributed by atoms with Gasteiger partial charge in [-0.3, -0.25) is 4.79 Å². The number of carbonyl (C=O) groups is 1. The molecule has 0 aromatic heterocycles. The van der Waals surface area contributed by atoms with Gasteiger partial charge in [0.1, 0.15) is 5.75 Å². The molecule has 0 saturated heterocycles. The molecule has 0 heterocycles. The second-order valence-electron chi connectivity index (χ2n) is 4.51. The Morgan fingerprint density at radius 1 is 1.50 bits per heavy atom. The zero-order chi connectivity index (χ0) is 13.7. The topological polar surface area (TPSA) is 52.3 Å². The van der Waals surface area contributed by atoms with Gasteiger partial charge in [-0.2, -0.15) is 0 Å². The smallest absolute Gasteiger partial charge is 0.154 e. The highest BCUT2D eigenvalue weighted by molar-refractivity contribution is 6.30. The van der Waals surface area contributed by atoms with Gasteiger partial charge >= 0.3 is 0 Å². The molecule has 1 aromatic rings. The first-order chi connectivity index (χ1) is 8.49. The number of benzene rings is 1. The van der Waals surface area contributed by atoms with E-state index in [-0.39, 0.29) is 18.1 Å². The van der Waals surface area contributed by atoms with Crippen LogP contribution in [0.3, 0.4) is 0 Å². The SMILES string of the molecule is CCC(C)C(N)C(=O)Cc1cc(Cl)ccc1OC. The first-order valence-electron chi connectivity index (χ1n) is 6.10. The van der Waals surface area contributed by atoms with Crippen LogP contribution in [0.2, 0.25) is 5.02 Å². The number of hydrogen-bond acceptors (Lipinski definition) is 3. The van der Waals surface area contributed by atoms with E-state index in [1.807, 2.05) is 13.8 Å². The van der Waals surface area contributed by atoms with Gasteiger partial charge in [0.15, 0.2) is 5.78 Å². The van der Waals surface area contributed by atoms with Crippen molar-refractivity contribution in [1.29, 1.82) is 0 Å². The molecule has 2 unspecified atom stereocenters. The fraction of sp³-hybridized carbons (Fsp3) is 0.500. The lowest BCUT2D eigenvalue weighted by molar-refractivity contribution is -0.120. The molecular weight excluding hydrogens is 250 g/mol. The Bertz CT molecular complexity index is 420. The predicted molar refractivity (Wildman–Crippen MR) is 74.1 cm³/mol. The van der Waals surface area contributed by atoms with Gasteiger partial charge in [-0.1, -0.05) is 31.9 Å². The van der Waals surface area contributed by atoms with Gasteiger partial charge in [-0.15, -0.1) is 0 Å². The summed E-state index contributed by atoms with van der Waals surface area (Å²) in [7, 11) is 1.58. The second kappa shape index (κ2) is 6.76. The average Bonchev–Trinajstić information content (AvgIpc) is 2.37. The van der Waals surface area contributed by atoms with Crippen molar-refractivity contribution in [3.8, 4) is 5.75 Å². The van der Waals surface area contributed by atoms with Gasteiger partial charge in [0.25, 0.3) is 0 Å². The number of hydrogen-bond donors (Lipinski definition) is 1. The molecule has 100 valence electrons. The fourth-order valence-electron chi connectivity index (χ4n) is 1.76. The van der Waals surface area contributed by atoms with Gasteiger partial charge in [-0.25, -0.2) is 0 Å². The van der Waals surface area contributed by atoms with Crippen LogP contribution in [0.25, 0.3) is 0 Å². The maximum Gasteiger partial charge on any atom is 0.154 e. The highest BCUT2D eigenvalue weighted by Crippen LogP contribution is 2.24. The molecule has 2 N–H and O–H groups in total. The molecule has 3 nitrogen and oxygen atoms in total. The Kier molecular flexibility index (Phi) is 5.63. The van der Waals surface area contributed by atoms with Crippen LogP contribution in [0.4, 0.5) is 0 Å². The third-order valence-electron chi connectivity index (χ3n) is 3.24. The van der Waals surface area contributed by atoms with Crippen LogP contribution >= 0.6 is 11.6 Å². The lowest BCUT2D eigenvalue weighted by Gasteiger charge is -2.17. The van der Waals surface area contributed by atoms with E-state index in [1.54, 1.807) is 25.3 Å². The summed E-state index contributed by atoms with van der Waals surface area (Å²) in [6.07, 6.45) is 1.15. The third-order valence-corrected chi connectivity index (χ3v) is 3.47. The number of nitrogens with two attached hydrogens (primary N) is 1. The first-order valence-corrected chi connectivity index (χ1v) is 6.48. The summed E-state index contributed by atoms with van der Waals surface area (Å²) in [6.45, 7) is 4.01. The van der Waals surface area contributed by atoms with Crippen molar-refractivity contribution in [3.63, 3.8) is 0 Å². The maximum absolute atomic E-state index is 12.1. The van der Waals surface area contributed by atoms with Crippen LogP contribution in [0.15, 0.2) is 18.2 Å². The van der Waals surface area contributed by atoms with Crippen LogP contribution in [-0.2, 0) is 11.2 Å². The van der Waals surface area contributed by atoms with E-state index < -0.39 is 6.04 Å². The van der Waals surface area contributed by atoms with E-state index in [0.717, 1.165) is 12.0 Å². The maximum atomic E-state index is 12.1. The minimum absolute atomic E-state index is 0.0184. The number of methoxy groups -OCH3 is 1. The Labute approximate surface area is 113 Å². The molecular formula is C14H20ClNO2. The number of Topliss-reactive ketones (excluding diaryl/α,β-unsaturated/α-hetero) is 1. The molecule has 0 bridgehead atoms. The van der Waals surface area contributed by atoms with Crippen molar-refractivity contribution in [3.05, 3.63) is 28.8 Å². The molecule has 0 amide bonds. The zero-order valence-corrected chi connectivity index (χ0v) is 11.8. The summed E-state index contributed by atoms with van der Waals surface area (Å²) in [4.78, 5) is 12.1. The lowest BCUT2D eigenvalue weighted by Crippen LogP contribution is -2.37. The number of carbonyl (C=O) groups excluding carboxylic acids is 1. The van der Waals surface area contributed by atoms with E-state index in [1.165, 1.54) is 0 Å². The molecule has 0 aliphatic heterocycles. The van der Waals surface area contributed by atoms with Crippen LogP contribution < -0.4 is 10.5 Å². The minimum Gasteiger partial charge on any atom is -0.496 e. The second-order valence-corrected chi connectivity index (χ2v) is 4.95. The molecule has 0 radical (unpaired) electrons. The van der Waals surface area contributed by atoms with E-state index in [2.05, 4.69) is 0 Å². The van der Waals surface area contributed by atoms with E-state index in [4.69, 9.17) is 22.1 Å². The van der Waals surface area contributed by atoms with Gasteiger partial charge in [-0.05, 0) is 24.1 Å². The minimum atomic E-state index is -0.432. The quantitative estimate of drug-likeness (QED) is 0.864. The van der Waals surface area contributed by atoms with Gasteiger partial charge in [0.2, 0.25) is 0 Å². The molecule has 1 rings (SSSR count). The Morgan fingerprint density at radius 3 is 2.72 bits per heavy atom. The highest BCUT2D eigenvalue weighted by Gasteiger charge is 2.20. The third kappa shape index (κ3) is 3.72. The Hall–Kier alpha value is -1.06. The average molecular weight is 270 g/mol. The van der Waals surface area contributed by atoms with Crippen LogP contribution in [0, 0.1) is 5.92 Å². The van der Waals surface area contributed by atoms with Gasteiger partial charge in [0, 0.05) is 17.0 Å². The van der Waals surface area contributed by atoms with Crippen molar-refractivity contribution in [2.75, 3.05) is 7.11 Å². The molecule has 0 saturated carbocycles. The number of rotatable bonds is 6. The number of ketones is 1. The normalized spacial score (nSPS) is 14.1. The van der Waals surface area contributed by atoms with Crippen LogP contribution in [0.1, 0.15) is 25.8 Å². The molecule has 0 aliphatic carbocycles. The summed E-state index contributed by atoms with van der Waals surface area (Å²) < 4.78 is 5.22. The highest BCUT2D eigenvalue weighted by atomic mass is 35.5. The van der Waals surface area contributed by atoms with Crippen molar-refractivity contribution >= 4 is 17.4 Å². The van der Waals surface area contributed by atoms with E-state index in [0.29, 0.717) is 10.8 Å². The summed E-state index contributed by atoms with van der Waals surface area (Å²) in [6, 6.07) is 4.82. The van der Waals surface area contributed by atoms with Crippen LogP contribution in [0.5, 0.6) is 5.75 Å². The zero-order valence-electron chi connectivity index (χ0n) is 11.1. The first kappa shape index (κ1) is 15.0. The summed E-state index contributed by atoms with van der Waals surface area (Å²) in [5, 5.41) is 0.593. The summed E-state index contributed by atoms with van der Waals surface area (Å²) in [5.41, 5.74) is 6.71. The van der Waals surface area contributed by atoms with Crippen molar-refractivity contribution in [2.24, 2.45) is 11.7 Å². The molecule has 18 heavy (non-hydrogen) atoms. The fourth-order valence-corrected chi connectivity index (χ4v) is 1.96. The molecule has 2 atom stereocenters. The van der Waals surface area contributed by atoms with Crippen LogP contribution in [-0.4, -0.2) is 18.9 Å². The Morgan fingerprint density at radius 2 is 2.17 bits per heavy atom. The van der Waals surface area contributed by atoms with Crippen molar-refractivity contribution in [1.82, 2.24) is 0 Å². The van der Waals surface area contributed by atoms with Gasteiger partial charge in [0.05, 0.1) is 13.2 Å². The summed E-state index contributed by atoms with van der Waals surface area (Å²) in [5.74, 6) is 0.872. The molecule has 0 fully saturated rings. The summed E-state index contributed by atoms with van der Waals surface area (Å²) >= 11 is 5.93. The largest absolute Gasteiger partial charge is 0.496 e. The Balaban J connectivity index is 2.84. The standard InChI is InChI=1S/C14H20ClNO2/c1-4-9(2)14(16)12(17)8-10-7-11(15)5-6-13(10)18-3/h5-7,9,14H,4,8,16H2,1-3H3. The molecule has 0 aliphatic rings. The number of halogens is 1. The molecule has 4 heteroatoms. The monoisotopic (exact) mass is 269 g/mol. The number of ether oxygens (including phenoxy) is 1. The van der Waals surface area contributed by atoms with Crippen molar-refractivity contribution < 1.29 is 9.53 Å². The molecule has 1 aromatic carbocycles. The van der Waals surface area contributed by atoms with E-state index in [9.17, 15) is 4.79 Å². The predicted octanol–water partition coefficient (Wildman–Crippen LogP) is 2.83. The van der Waals surface area contributed by atoms with E-state index >= 15 is 0 Å². The van der Waals surface area contributed by atoms with Gasteiger partial charge < -0.3 is 10.5 Å². The lowest BCUT2D eigenvalue weighted by atomic mass is 9.93.